The maximum Gasteiger partial charge on any atom is 0.344 e. The first-order chi connectivity index (χ1) is 9.79. The molecule has 2 rings (SSSR count). The normalized spacial score (nSPS) is 11.2. The summed E-state index contributed by atoms with van der Waals surface area (Å²) in [6.07, 6.45) is 1.86. The highest BCUT2D eigenvalue weighted by Crippen LogP contribution is 2.29. The number of benzene rings is 2. The summed E-state index contributed by atoms with van der Waals surface area (Å²) in [5, 5.41) is 0. The van der Waals surface area contributed by atoms with Gasteiger partial charge in [-0.1, -0.05) is 60.3 Å². The number of ether oxygens (including phenoxy) is 1. The molecule has 0 saturated carbocycles. The smallest absolute Gasteiger partial charge is 0.344 e. The van der Waals surface area contributed by atoms with Crippen molar-refractivity contribution in [1.29, 1.82) is 0 Å². The summed E-state index contributed by atoms with van der Waals surface area (Å²) < 4.78 is 5.12. The third-order valence-electron chi connectivity index (χ3n) is 2.54. The Morgan fingerprint density at radius 2 is 1.65 bits per heavy atom. The molecule has 0 saturated heterocycles. The average molecular weight is 284 g/mol. The molecule has 20 heavy (non-hydrogen) atoms. The molecular formula is C17H16O2S. The van der Waals surface area contributed by atoms with E-state index in [4.69, 9.17) is 4.74 Å². The molecule has 0 spiro atoms. The molecule has 0 aromatic heterocycles. The van der Waals surface area contributed by atoms with Crippen molar-refractivity contribution in [2.45, 2.75) is 11.8 Å². The van der Waals surface area contributed by atoms with Gasteiger partial charge in [0.15, 0.2) is 0 Å². The van der Waals surface area contributed by atoms with E-state index in [0.717, 1.165) is 10.5 Å². The van der Waals surface area contributed by atoms with Gasteiger partial charge in [0.1, 0.15) is 0 Å². The van der Waals surface area contributed by atoms with Crippen molar-refractivity contribution in [3.05, 3.63) is 71.1 Å². The predicted molar refractivity (Wildman–Crippen MR) is 83.4 cm³/mol. The Labute approximate surface area is 123 Å². The molecule has 2 aromatic rings. The Hall–Kier alpha value is -2.00. The maximum atomic E-state index is 12.0. The quantitative estimate of drug-likeness (QED) is 0.463. The van der Waals surface area contributed by atoms with Crippen LogP contribution in [0.25, 0.3) is 6.08 Å². The van der Waals surface area contributed by atoms with Gasteiger partial charge in [-0.05, 0) is 30.7 Å². The van der Waals surface area contributed by atoms with E-state index in [1.54, 1.807) is 0 Å². The topological polar surface area (TPSA) is 26.3 Å². The zero-order valence-electron chi connectivity index (χ0n) is 11.3. The van der Waals surface area contributed by atoms with Crippen LogP contribution in [0.5, 0.6) is 0 Å². The van der Waals surface area contributed by atoms with E-state index in [1.165, 1.54) is 11.8 Å². The number of hydrogen-bond donors (Lipinski definition) is 0. The van der Waals surface area contributed by atoms with E-state index in [9.17, 15) is 4.79 Å². The van der Waals surface area contributed by atoms with Crippen molar-refractivity contribution in [1.82, 2.24) is 0 Å². The van der Waals surface area contributed by atoms with E-state index in [-0.39, 0.29) is 5.97 Å². The summed E-state index contributed by atoms with van der Waals surface area (Å²) in [7, 11) is 0. The Bertz CT molecular complexity index is 576. The first-order valence-electron chi connectivity index (χ1n) is 6.46. The number of carbonyl (C=O) groups is 1. The first-order valence-corrected chi connectivity index (χ1v) is 7.28. The van der Waals surface area contributed by atoms with Crippen LogP contribution in [-0.4, -0.2) is 12.6 Å². The van der Waals surface area contributed by atoms with Crippen molar-refractivity contribution >= 4 is 23.8 Å². The van der Waals surface area contributed by atoms with E-state index in [2.05, 4.69) is 0 Å². The van der Waals surface area contributed by atoms with E-state index < -0.39 is 0 Å². The van der Waals surface area contributed by atoms with E-state index >= 15 is 0 Å². The second-order valence-electron chi connectivity index (χ2n) is 4.05. The Morgan fingerprint density at radius 3 is 2.25 bits per heavy atom. The molecule has 2 nitrogen and oxygen atoms in total. The van der Waals surface area contributed by atoms with Crippen molar-refractivity contribution in [2.75, 3.05) is 6.61 Å². The van der Waals surface area contributed by atoms with Crippen LogP contribution in [0.1, 0.15) is 12.5 Å². The van der Waals surface area contributed by atoms with Crippen LogP contribution < -0.4 is 0 Å². The molecule has 0 aliphatic heterocycles. The fourth-order valence-corrected chi connectivity index (χ4v) is 2.53. The summed E-state index contributed by atoms with van der Waals surface area (Å²) in [6.45, 7) is 2.19. The van der Waals surface area contributed by atoms with Crippen molar-refractivity contribution < 1.29 is 9.53 Å². The second-order valence-corrected chi connectivity index (χ2v) is 5.17. The van der Waals surface area contributed by atoms with Crippen LogP contribution >= 0.6 is 11.8 Å². The van der Waals surface area contributed by atoms with Gasteiger partial charge in [0.25, 0.3) is 0 Å². The molecule has 102 valence electrons. The largest absolute Gasteiger partial charge is 0.462 e. The molecule has 0 radical (unpaired) electrons. The highest BCUT2D eigenvalue weighted by Gasteiger charge is 2.12. The third kappa shape index (κ3) is 4.28. The van der Waals surface area contributed by atoms with Crippen LogP contribution in [0.15, 0.2) is 70.5 Å². The molecule has 0 fully saturated rings. The molecular weight excluding hydrogens is 268 g/mol. The minimum atomic E-state index is -0.287. The van der Waals surface area contributed by atoms with Gasteiger partial charge in [-0.2, -0.15) is 0 Å². The fraction of sp³-hybridized carbons (Fsp3) is 0.118. The first kappa shape index (κ1) is 14.4. The van der Waals surface area contributed by atoms with Crippen molar-refractivity contribution in [3.8, 4) is 0 Å². The van der Waals surface area contributed by atoms with Crippen LogP contribution in [-0.2, 0) is 9.53 Å². The molecule has 0 N–H and O–H groups in total. The summed E-state index contributed by atoms with van der Waals surface area (Å²) in [4.78, 5) is 13.6. The molecule has 0 aliphatic carbocycles. The lowest BCUT2D eigenvalue weighted by Gasteiger charge is -2.07. The lowest BCUT2D eigenvalue weighted by atomic mass is 10.2. The van der Waals surface area contributed by atoms with Crippen LogP contribution in [0.4, 0.5) is 0 Å². The minimum Gasteiger partial charge on any atom is -0.462 e. The molecule has 3 heteroatoms. The Morgan fingerprint density at radius 1 is 1.05 bits per heavy atom. The van der Waals surface area contributed by atoms with Gasteiger partial charge in [-0.25, -0.2) is 4.79 Å². The van der Waals surface area contributed by atoms with Crippen molar-refractivity contribution in [3.63, 3.8) is 0 Å². The number of thioether (sulfide) groups is 1. The molecule has 0 aliphatic rings. The average Bonchev–Trinajstić information content (AvgIpc) is 2.49. The Balaban J connectivity index is 2.25. The molecule has 0 unspecified atom stereocenters. The molecule has 0 amide bonds. The zero-order valence-corrected chi connectivity index (χ0v) is 12.1. The SMILES string of the molecule is CCOC(=O)/C(=C\c1ccccc1)Sc1ccccc1. The minimum absolute atomic E-state index is 0.287. The van der Waals surface area contributed by atoms with Gasteiger partial charge in [0.2, 0.25) is 0 Å². The second kappa shape index (κ2) is 7.56. The van der Waals surface area contributed by atoms with Crippen LogP contribution in [0, 0.1) is 0 Å². The van der Waals surface area contributed by atoms with Gasteiger partial charge in [-0.3, -0.25) is 0 Å². The summed E-state index contributed by atoms with van der Waals surface area (Å²) in [5.74, 6) is -0.287. The summed E-state index contributed by atoms with van der Waals surface area (Å²) in [6, 6.07) is 19.6. The fourth-order valence-electron chi connectivity index (χ4n) is 1.65. The lowest BCUT2D eigenvalue weighted by molar-refractivity contribution is -0.137. The van der Waals surface area contributed by atoms with Gasteiger partial charge in [-0.15, -0.1) is 0 Å². The highest BCUT2D eigenvalue weighted by atomic mass is 32.2. The lowest BCUT2D eigenvalue weighted by Crippen LogP contribution is -2.05. The predicted octanol–water partition coefficient (Wildman–Crippen LogP) is 4.38. The van der Waals surface area contributed by atoms with E-state index in [1.807, 2.05) is 73.7 Å². The van der Waals surface area contributed by atoms with Crippen LogP contribution in [0.2, 0.25) is 0 Å². The number of esters is 1. The molecule has 0 heterocycles. The zero-order chi connectivity index (χ0) is 14.2. The van der Waals surface area contributed by atoms with Gasteiger partial charge in [0.05, 0.1) is 11.5 Å². The third-order valence-corrected chi connectivity index (χ3v) is 3.56. The number of hydrogen-bond acceptors (Lipinski definition) is 3. The maximum absolute atomic E-state index is 12.0. The standard InChI is InChI=1S/C17H16O2S/c1-2-19-17(18)16(13-14-9-5-3-6-10-14)20-15-11-7-4-8-12-15/h3-13H,2H2,1H3/b16-13+. The monoisotopic (exact) mass is 284 g/mol. The van der Waals surface area contributed by atoms with Gasteiger partial charge >= 0.3 is 5.97 Å². The molecule has 2 aromatic carbocycles. The summed E-state index contributed by atoms with van der Waals surface area (Å²) >= 11 is 1.42. The number of carbonyl (C=O) groups excluding carboxylic acids is 1. The Kier molecular flexibility index (Phi) is 5.44. The molecule has 0 bridgehead atoms. The van der Waals surface area contributed by atoms with Gasteiger partial charge < -0.3 is 4.74 Å². The van der Waals surface area contributed by atoms with E-state index in [0.29, 0.717) is 11.5 Å². The van der Waals surface area contributed by atoms with Gasteiger partial charge in [0, 0.05) is 4.90 Å². The molecule has 0 atom stereocenters. The number of rotatable bonds is 5. The summed E-state index contributed by atoms with van der Waals surface area (Å²) in [5.41, 5.74) is 0.985. The highest BCUT2D eigenvalue weighted by molar-refractivity contribution is 8.04. The van der Waals surface area contributed by atoms with Crippen LogP contribution in [0.3, 0.4) is 0 Å². The van der Waals surface area contributed by atoms with Crippen molar-refractivity contribution in [2.24, 2.45) is 0 Å².